The first kappa shape index (κ1) is 22.4. The molecule has 0 radical (unpaired) electrons. The number of amides is 1. The summed E-state index contributed by atoms with van der Waals surface area (Å²) in [6, 6.07) is 17.7. The molecule has 1 aliphatic rings. The highest BCUT2D eigenvalue weighted by Crippen LogP contribution is 2.28. The van der Waals surface area contributed by atoms with Gasteiger partial charge in [-0.1, -0.05) is 54.2 Å². The van der Waals surface area contributed by atoms with Gasteiger partial charge in [-0.05, 0) is 50.6 Å². The van der Waals surface area contributed by atoms with Crippen LogP contribution in [-0.4, -0.2) is 51.0 Å². The van der Waals surface area contributed by atoms with E-state index in [1.54, 1.807) is 7.11 Å². The number of nitrogens with one attached hydrogen (secondary N) is 1. The number of likely N-dealkylation sites (tertiary alicyclic amines) is 1. The number of aromatic nitrogens is 3. The Morgan fingerprint density at radius 1 is 1.06 bits per heavy atom. The number of rotatable bonds is 9. The Labute approximate surface area is 193 Å². The molecule has 0 bridgehead atoms. The molecule has 1 aromatic heterocycles. The lowest BCUT2D eigenvalue weighted by atomic mass is 10.2. The molecule has 7 nitrogen and oxygen atoms in total. The van der Waals surface area contributed by atoms with Crippen LogP contribution >= 0.6 is 11.8 Å². The Kier molecular flexibility index (Phi) is 7.44. The first-order chi connectivity index (χ1) is 15.6. The van der Waals surface area contributed by atoms with Gasteiger partial charge in [0.05, 0.1) is 31.1 Å². The minimum Gasteiger partial charge on any atom is -0.495 e. The van der Waals surface area contributed by atoms with Crippen molar-refractivity contribution >= 4 is 23.4 Å². The van der Waals surface area contributed by atoms with Crippen LogP contribution in [0.5, 0.6) is 5.75 Å². The predicted octanol–water partition coefficient (Wildman–Crippen LogP) is 4.05. The molecule has 0 aliphatic carbocycles. The van der Waals surface area contributed by atoms with E-state index in [0.29, 0.717) is 18.0 Å². The highest BCUT2D eigenvalue weighted by molar-refractivity contribution is 8.00. The third-order valence-corrected chi connectivity index (χ3v) is 6.64. The first-order valence-corrected chi connectivity index (χ1v) is 11.8. The molecule has 1 amide bonds. The van der Waals surface area contributed by atoms with E-state index >= 15 is 0 Å². The maximum atomic E-state index is 12.9. The van der Waals surface area contributed by atoms with Crippen LogP contribution in [0.15, 0.2) is 59.8 Å². The number of hydrogen-bond donors (Lipinski definition) is 1. The third kappa shape index (κ3) is 5.49. The van der Waals surface area contributed by atoms with E-state index < -0.39 is 0 Å². The van der Waals surface area contributed by atoms with Gasteiger partial charge in [-0.2, -0.15) is 0 Å². The second kappa shape index (κ2) is 10.7. The molecular weight excluding hydrogens is 422 g/mol. The molecule has 3 aromatic rings. The van der Waals surface area contributed by atoms with Gasteiger partial charge in [-0.3, -0.25) is 9.69 Å². The van der Waals surface area contributed by atoms with Crippen LogP contribution in [0.2, 0.25) is 0 Å². The van der Waals surface area contributed by atoms with E-state index in [1.165, 1.54) is 30.2 Å². The van der Waals surface area contributed by atoms with Gasteiger partial charge in [0, 0.05) is 0 Å². The van der Waals surface area contributed by atoms with E-state index in [0.717, 1.165) is 30.6 Å². The van der Waals surface area contributed by atoms with Crippen molar-refractivity contribution in [3.63, 3.8) is 0 Å². The van der Waals surface area contributed by atoms with E-state index in [-0.39, 0.29) is 11.2 Å². The van der Waals surface area contributed by atoms with Gasteiger partial charge in [0.15, 0.2) is 5.16 Å². The van der Waals surface area contributed by atoms with E-state index in [1.807, 2.05) is 49.4 Å². The van der Waals surface area contributed by atoms with Crippen molar-refractivity contribution in [2.75, 3.05) is 25.5 Å². The summed E-state index contributed by atoms with van der Waals surface area (Å²) in [7, 11) is 1.59. The molecule has 32 heavy (non-hydrogen) atoms. The number of carbonyl (C=O) groups excluding carboxylic acids is 1. The summed E-state index contributed by atoms with van der Waals surface area (Å²) in [4.78, 5) is 15.3. The largest absolute Gasteiger partial charge is 0.495 e. The number of thioether (sulfide) groups is 1. The monoisotopic (exact) mass is 451 g/mol. The normalized spacial score (nSPS) is 14.9. The molecule has 2 heterocycles. The van der Waals surface area contributed by atoms with Crippen LogP contribution in [0.1, 0.15) is 31.2 Å². The number of benzene rings is 2. The zero-order valence-corrected chi connectivity index (χ0v) is 19.3. The average Bonchev–Trinajstić information content (AvgIpc) is 3.46. The molecule has 8 heteroatoms. The summed E-state index contributed by atoms with van der Waals surface area (Å²) >= 11 is 1.43. The molecule has 4 rings (SSSR count). The molecular formula is C24H29N5O2S. The highest BCUT2D eigenvalue weighted by Gasteiger charge is 2.23. The summed E-state index contributed by atoms with van der Waals surface area (Å²) in [5, 5.41) is 12.3. The smallest absolute Gasteiger partial charge is 0.237 e. The average molecular weight is 452 g/mol. The number of anilines is 1. The van der Waals surface area contributed by atoms with Crippen LogP contribution < -0.4 is 10.1 Å². The number of para-hydroxylation sites is 2. The van der Waals surface area contributed by atoms with E-state index in [9.17, 15) is 4.79 Å². The van der Waals surface area contributed by atoms with Crippen molar-refractivity contribution in [2.24, 2.45) is 0 Å². The standard InChI is InChI=1S/C24H29N5O2S/c1-18(23(30)25-20-12-6-7-13-21(20)31-2)32-24-27-26-22(17-28-14-8-9-15-28)29(24)16-19-10-4-3-5-11-19/h3-7,10-13,18H,8-9,14-17H2,1-2H3,(H,25,30)/t18-/m1/s1. The molecule has 1 saturated heterocycles. The van der Waals surface area contributed by atoms with Crippen LogP contribution in [0.3, 0.4) is 0 Å². The maximum absolute atomic E-state index is 12.9. The molecule has 2 aromatic carbocycles. The molecule has 1 N–H and O–H groups in total. The quantitative estimate of drug-likeness (QED) is 0.495. The molecule has 0 spiro atoms. The van der Waals surface area contributed by atoms with Crippen molar-refractivity contribution in [1.82, 2.24) is 19.7 Å². The molecule has 168 valence electrons. The Morgan fingerprint density at radius 2 is 1.78 bits per heavy atom. The van der Waals surface area contributed by atoms with Gasteiger partial charge >= 0.3 is 0 Å². The minimum absolute atomic E-state index is 0.102. The maximum Gasteiger partial charge on any atom is 0.237 e. The van der Waals surface area contributed by atoms with E-state index in [2.05, 4.69) is 37.1 Å². The lowest BCUT2D eigenvalue weighted by Crippen LogP contribution is -2.24. The van der Waals surface area contributed by atoms with Crippen molar-refractivity contribution in [2.45, 2.75) is 43.3 Å². The molecule has 1 fully saturated rings. The van der Waals surface area contributed by atoms with Gasteiger partial charge in [0.25, 0.3) is 0 Å². The van der Waals surface area contributed by atoms with Gasteiger partial charge in [0.2, 0.25) is 5.91 Å². The number of methoxy groups -OCH3 is 1. The van der Waals surface area contributed by atoms with Crippen LogP contribution in [-0.2, 0) is 17.9 Å². The number of hydrogen-bond acceptors (Lipinski definition) is 6. The number of nitrogens with zero attached hydrogens (tertiary/aromatic N) is 4. The number of carbonyl (C=O) groups is 1. The fourth-order valence-corrected chi connectivity index (χ4v) is 4.65. The zero-order chi connectivity index (χ0) is 22.3. The highest BCUT2D eigenvalue weighted by atomic mass is 32.2. The Morgan fingerprint density at radius 3 is 2.53 bits per heavy atom. The summed E-state index contributed by atoms with van der Waals surface area (Å²) in [5.41, 5.74) is 1.84. The molecule has 0 saturated carbocycles. The van der Waals surface area contributed by atoms with Gasteiger partial charge in [0.1, 0.15) is 11.6 Å². The summed E-state index contributed by atoms with van der Waals surface area (Å²) in [5.74, 6) is 1.48. The lowest BCUT2D eigenvalue weighted by molar-refractivity contribution is -0.115. The SMILES string of the molecule is COc1ccccc1NC(=O)[C@@H](C)Sc1nnc(CN2CCCC2)n1Cc1ccccc1. The van der Waals surface area contributed by atoms with Crippen molar-refractivity contribution in [3.8, 4) is 5.75 Å². The molecule has 0 unspecified atom stereocenters. The Hall–Kier alpha value is -2.84. The van der Waals surface area contributed by atoms with Crippen LogP contribution in [0.25, 0.3) is 0 Å². The Bertz CT molecular complexity index is 1030. The molecule has 1 aliphatic heterocycles. The summed E-state index contributed by atoms with van der Waals surface area (Å²) in [6.07, 6.45) is 2.46. The fraction of sp³-hybridized carbons (Fsp3) is 0.375. The summed E-state index contributed by atoms with van der Waals surface area (Å²) < 4.78 is 7.49. The van der Waals surface area contributed by atoms with Gasteiger partial charge in [-0.15, -0.1) is 10.2 Å². The first-order valence-electron chi connectivity index (χ1n) is 10.9. The number of ether oxygens (including phenoxy) is 1. The van der Waals surface area contributed by atoms with Crippen LogP contribution in [0, 0.1) is 0 Å². The molecule has 1 atom stereocenters. The van der Waals surface area contributed by atoms with E-state index in [4.69, 9.17) is 4.74 Å². The summed E-state index contributed by atoms with van der Waals surface area (Å²) in [6.45, 7) is 5.54. The third-order valence-electron chi connectivity index (χ3n) is 5.56. The minimum atomic E-state index is -0.349. The zero-order valence-electron chi connectivity index (χ0n) is 18.5. The van der Waals surface area contributed by atoms with Gasteiger partial charge in [-0.25, -0.2) is 0 Å². The lowest BCUT2D eigenvalue weighted by Gasteiger charge is -2.17. The van der Waals surface area contributed by atoms with Gasteiger partial charge < -0.3 is 14.6 Å². The topological polar surface area (TPSA) is 72.3 Å². The second-order valence-corrected chi connectivity index (χ2v) is 9.21. The fourth-order valence-electron chi connectivity index (χ4n) is 3.78. The van der Waals surface area contributed by atoms with Crippen LogP contribution in [0.4, 0.5) is 5.69 Å². The van der Waals surface area contributed by atoms with Crippen molar-refractivity contribution < 1.29 is 9.53 Å². The van der Waals surface area contributed by atoms with Crippen molar-refractivity contribution in [1.29, 1.82) is 0 Å². The van der Waals surface area contributed by atoms with Crippen molar-refractivity contribution in [3.05, 3.63) is 66.0 Å². The predicted molar refractivity (Wildman–Crippen MR) is 127 cm³/mol. The Balaban J connectivity index is 1.51. The second-order valence-electron chi connectivity index (χ2n) is 7.90.